The van der Waals surface area contributed by atoms with E-state index in [9.17, 15) is 0 Å². The highest BCUT2D eigenvalue weighted by atomic mass is 14.1. The lowest BCUT2D eigenvalue weighted by Gasteiger charge is -2.09. The van der Waals surface area contributed by atoms with Crippen molar-refractivity contribution in [1.29, 1.82) is 0 Å². The molecule has 0 N–H and O–H groups in total. The Labute approximate surface area is 240 Å². The zero-order valence-electron chi connectivity index (χ0n) is 23.8. The minimum atomic E-state index is 0.989. The molecule has 0 saturated heterocycles. The van der Waals surface area contributed by atoms with Crippen molar-refractivity contribution in [3.8, 4) is 33.4 Å². The molecule has 198 valence electrons. The highest BCUT2D eigenvalue weighted by Crippen LogP contribution is 2.30. The van der Waals surface area contributed by atoms with Crippen molar-refractivity contribution in [2.45, 2.75) is 27.2 Å². The molecule has 40 heavy (non-hydrogen) atoms. The number of benzene rings is 4. The van der Waals surface area contributed by atoms with Crippen LogP contribution in [-0.4, -0.2) is 0 Å². The molecule has 0 fully saturated rings. The quantitative estimate of drug-likeness (QED) is 0.183. The predicted octanol–water partition coefficient (Wildman–Crippen LogP) is 11.8. The van der Waals surface area contributed by atoms with Crippen LogP contribution in [0.4, 0.5) is 0 Å². The summed E-state index contributed by atoms with van der Waals surface area (Å²) in [6, 6.07) is 35.1. The van der Waals surface area contributed by atoms with Gasteiger partial charge in [-0.05, 0) is 75.9 Å². The maximum atomic E-state index is 3.89. The molecule has 0 radical (unpaired) electrons. The van der Waals surface area contributed by atoms with Crippen LogP contribution < -0.4 is 0 Å². The van der Waals surface area contributed by atoms with Crippen molar-refractivity contribution in [3.05, 3.63) is 169 Å². The van der Waals surface area contributed by atoms with Gasteiger partial charge in [0.1, 0.15) is 0 Å². The largest absolute Gasteiger partial charge is 0.0985 e. The first kappa shape index (κ1) is 28.3. The maximum absolute atomic E-state index is 3.89. The lowest BCUT2D eigenvalue weighted by atomic mass is 9.95. The summed E-state index contributed by atoms with van der Waals surface area (Å²) in [6.45, 7) is 10.1. The molecule has 0 aliphatic heterocycles. The molecule has 0 bridgehead atoms. The molecule has 4 rings (SSSR count). The molecule has 0 atom stereocenters. The Kier molecular flexibility index (Phi) is 10.2. The lowest BCUT2D eigenvalue weighted by molar-refractivity contribution is 1.23. The number of hydrogen-bond donors (Lipinski definition) is 0. The second-order valence-corrected chi connectivity index (χ2v) is 9.60. The summed E-state index contributed by atoms with van der Waals surface area (Å²) < 4.78 is 0. The minimum Gasteiger partial charge on any atom is -0.0985 e. The molecular weight excluding hydrogens is 480 g/mol. The van der Waals surface area contributed by atoms with Crippen LogP contribution in [0.25, 0.3) is 45.0 Å². The molecule has 0 amide bonds. The van der Waals surface area contributed by atoms with E-state index in [0.29, 0.717) is 0 Å². The molecule has 0 saturated carbocycles. The van der Waals surface area contributed by atoms with Crippen LogP contribution in [0.1, 0.15) is 38.3 Å². The van der Waals surface area contributed by atoms with Crippen LogP contribution in [0.5, 0.6) is 0 Å². The Morgan fingerprint density at radius 1 is 0.650 bits per heavy atom. The molecule has 0 heteroatoms. The normalized spacial score (nSPS) is 12.6. The van der Waals surface area contributed by atoms with Crippen molar-refractivity contribution in [3.63, 3.8) is 0 Å². The topological polar surface area (TPSA) is 0 Å². The first-order chi connectivity index (χ1) is 19.7. The van der Waals surface area contributed by atoms with Gasteiger partial charge in [0.05, 0.1) is 0 Å². The van der Waals surface area contributed by atoms with Crippen molar-refractivity contribution in [2.24, 2.45) is 0 Å². The Morgan fingerprint density at radius 2 is 1.20 bits per heavy atom. The van der Waals surface area contributed by atoms with Crippen molar-refractivity contribution < 1.29 is 0 Å². The third-order valence-corrected chi connectivity index (χ3v) is 6.95. The summed E-state index contributed by atoms with van der Waals surface area (Å²) >= 11 is 0. The van der Waals surface area contributed by atoms with Crippen molar-refractivity contribution in [1.82, 2.24) is 0 Å². The summed E-state index contributed by atoms with van der Waals surface area (Å²) in [5.41, 5.74) is 12.1. The molecular formula is C40H38. The fraction of sp³-hybridized carbons (Fsp3) is 0.100. The summed E-state index contributed by atoms with van der Waals surface area (Å²) in [7, 11) is 0. The molecule has 0 nitrogen and oxygen atoms in total. The van der Waals surface area contributed by atoms with Crippen LogP contribution in [-0.2, 0) is 0 Å². The number of allylic oxidation sites excluding steroid dienone is 10. The van der Waals surface area contributed by atoms with Gasteiger partial charge in [0.2, 0.25) is 0 Å². The van der Waals surface area contributed by atoms with Gasteiger partial charge in [0.25, 0.3) is 0 Å². The van der Waals surface area contributed by atoms with Crippen LogP contribution in [0, 0.1) is 0 Å². The molecule has 0 spiro atoms. The lowest BCUT2D eigenvalue weighted by Crippen LogP contribution is -1.85. The van der Waals surface area contributed by atoms with E-state index in [-0.39, 0.29) is 0 Å². The smallest absolute Gasteiger partial charge is 0.0111 e. The van der Waals surface area contributed by atoms with E-state index >= 15 is 0 Å². The molecule has 0 aliphatic rings. The van der Waals surface area contributed by atoms with Gasteiger partial charge in [-0.2, -0.15) is 0 Å². The van der Waals surface area contributed by atoms with Crippen molar-refractivity contribution >= 4 is 11.6 Å². The molecule has 0 unspecified atom stereocenters. The third-order valence-electron chi connectivity index (χ3n) is 6.95. The van der Waals surface area contributed by atoms with Crippen molar-refractivity contribution in [2.75, 3.05) is 0 Å². The Morgan fingerprint density at radius 3 is 1.73 bits per heavy atom. The second kappa shape index (κ2) is 14.5. The van der Waals surface area contributed by atoms with E-state index < -0.39 is 0 Å². The highest BCUT2D eigenvalue weighted by Gasteiger charge is 2.05. The van der Waals surface area contributed by atoms with E-state index in [1.54, 1.807) is 0 Å². The average Bonchev–Trinajstić information content (AvgIpc) is 3.02. The summed E-state index contributed by atoms with van der Waals surface area (Å²) in [5.74, 6) is 0. The average molecular weight is 519 g/mol. The monoisotopic (exact) mass is 518 g/mol. The van der Waals surface area contributed by atoms with Gasteiger partial charge in [0, 0.05) is 0 Å². The second-order valence-electron chi connectivity index (χ2n) is 9.60. The van der Waals surface area contributed by atoms with Crippen LogP contribution in [0.2, 0.25) is 0 Å². The van der Waals surface area contributed by atoms with Gasteiger partial charge in [-0.1, -0.05) is 165 Å². The summed E-state index contributed by atoms with van der Waals surface area (Å²) in [4.78, 5) is 0. The van der Waals surface area contributed by atoms with Gasteiger partial charge in [-0.3, -0.25) is 0 Å². The van der Waals surface area contributed by atoms with E-state index in [0.717, 1.165) is 12.0 Å². The first-order valence-electron chi connectivity index (χ1n) is 14.0. The molecule has 4 aromatic rings. The summed E-state index contributed by atoms with van der Waals surface area (Å²) in [5, 5.41) is 0. The Hall–Kier alpha value is -4.68. The number of rotatable bonds is 10. The van der Waals surface area contributed by atoms with Crippen LogP contribution in [0.3, 0.4) is 0 Å². The third kappa shape index (κ3) is 7.24. The van der Waals surface area contributed by atoms with E-state index in [4.69, 9.17) is 0 Å². The SMILES string of the molecule is C=CC(/C=C\C(=C/CC)c1ccc(-c2ccc(-c3ccc(-c4ccccc4/C=C\C=C\C)cc3)cc2)cc1)=C\C. The maximum Gasteiger partial charge on any atom is -0.0111 e. The van der Waals surface area contributed by atoms with Gasteiger partial charge < -0.3 is 0 Å². The fourth-order valence-electron chi connectivity index (χ4n) is 4.70. The Bertz CT molecular complexity index is 1550. The van der Waals surface area contributed by atoms with Gasteiger partial charge >= 0.3 is 0 Å². The van der Waals surface area contributed by atoms with E-state index in [1.807, 2.05) is 26.0 Å². The highest BCUT2D eigenvalue weighted by molar-refractivity contribution is 5.79. The zero-order chi connectivity index (χ0) is 28.2. The molecule has 0 aliphatic carbocycles. The number of hydrogen-bond acceptors (Lipinski definition) is 0. The molecule has 0 heterocycles. The predicted molar refractivity (Wildman–Crippen MR) is 178 cm³/mol. The van der Waals surface area contributed by atoms with Gasteiger partial charge in [-0.15, -0.1) is 0 Å². The Balaban J connectivity index is 1.51. The minimum absolute atomic E-state index is 0.989. The zero-order valence-corrected chi connectivity index (χ0v) is 23.8. The van der Waals surface area contributed by atoms with E-state index in [1.165, 1.54) is 50.1 Å². The van der Waals surface area contributed by atoms with Crippen LogP contribution in [0.15, 0.2) is 158 Å². The molecule has 0 aromatic heterocycles. The van der Waals surface area contributed by atoms with Gasteiger partial charge in [0.15, 0.2) is 0 Å². The molecule has 4 aromatic carbocycles. The first-order valence-corrected chi connectivity index (χ1v) is 14.0. The summed E-state index contributed by atoms with van der Waals surface area (Å²) in [6.07, 6.45) is 19.8. The fourth-order valence-corrected chi connectivity index (χ4v) is 4.70. The van der Waals surface area contributed by atoms with Crippen LogP contribution >= 0.6 is 0 Å². The van der Waals surface area contributed by atoms with Gasteiger partial charge in [-0.25, -0.2) is 0 Å². The van der Waals surface area contributed by atoms with E-state index in [2.05, 4.69) is 153 Å². The standard InChI is InChI=1S/C40H38/c1-5-9-10-14-38-15-11-12-16-40(38)39-29-27-37(28-30-39)36-25-23-35(24-26-36)34-21-19-33(20-22-34)32(13-6-2)18-17-31(7-3)8-4/h5,7-30H,3,6H2,1-2,4H3/b9-5+,14-10-,18-17-,31-8+,32-13+.